The second-order valence-electron chi connectivity index (χ2n) is 7.94. The zero-order valence-corrected chi connectivity index (χ0v) is 19.6. The lowest BCUT2D eigenvalue weighted by Gasteiger charge is -2.34. The van der Waals surface area contributed by atoms with Crippen molar-refractivity contribution in [2.45, 2.75) is 35.1 Å². The molecule has 2 aliphatic rings. The van der Waals surface area contributed by atoms with E-state index in [0.717, 1.165) is 19.5 Å². The molecule has 2 saturated heterocycles. The number of benzene rings is 1. The van der Waals surface area contributed by atoms with Gasteiger partial charge in [0.25, 0.3) is 0 Å². The molecule has 2 aliphatic heterocycles. The zero-order valence-electron chi connectivity index (χ0n) is 18.0. The van der Waals surface area contributed by atoms with Gasteiger partial charge in [-0.1, -0.05) is 5.22 Å². The van der Waals surface area contributed by atoms with Crippen LogP contribution < -0.4 is 32.2 Å². The number of hydrogen-bond donors (Lipinski definition) is 6. The van der Waals surface area contributed by atoms with Crippen LogP contribution in [0.3, 0.4) is 0 Å². The molecule has 0 aliphatic carbocycles. The number of primary amides is 1. The SMILES string of the molecule is N=C(N=NN)c1c(N2CCC(C(N)=O)CC2)ccc(S(=O)CN[C@@H]2CCNC2)c1S(N)(=O)=O. The summed E-state index contributed by atoms with van der Waals surface area (Å²) in [6, 6.07) is 3.15. The molecular weight excluding hydrogens is 470 g/mol. The van der Waals surface area contributed by atoms with Gasteiger partial charge in [0.05, 0.1) is 27.1 Å². The molecule has 1 aromatic rings. The molecule has 1 aromatic carbocycles. The van der Waals surface area contributed by atoms with Crippen molar-refractivity contribution >= 4 is 38.3 Å². The first-order valence-corrected chi connectivity index (χ1v) is 13.3. The molecule has 1 amide bonds. The summed E-state index contributed by atoms with van der Waals surface area (Å²) >= 11 is 0. The fraction of sp³-hybridized carbons (Fsp3) is 0.556. The first-order chi connectivity index (χ1) is 15.6. The first kappa shape index (κ1) is 25.2. The molecule has 0 aromatic heterocycles. The Balaban J connectivity index is 2.03. The number of rotatable bonds is 8. The minimum Gasteiger partial charge on any atom is -0.371 e. The van der Waals surface area contributed by atoms with Crippen LogP contribution in [0.15, 0.2) is 32.3 Å². The number of nitrogens with one attached hydrogen (secondary N) is 3. The van der Waals surface area contributed by atoms with E-state index in [1.165, 1.54) is 6.07 Å². The third kappa shape index (κ3) is 5.92. The van der Waals surface area contributed by atoms with Crippen LogP contribution in [0.1, 0.15) is 24.8 Å². The number of amidine groups is 1. The molecule has 182 valence electrons. The Morgan fingerprint density at radius 2 is 2.00 bits per heavy atom. The van der Waals surface area contributed by atoms with Crippen LogP contribution in [0.5, 0.6) is 0 Å². The summed E-state index contributed by atoms with van der Waals surface area (Å²) in [6.45, 7) is 2.37. The monoisotopic (exact) mass is 499 g/mol. The van der Waals surface area contributed by atoms with Crippen molar-refractivity contribution in [1.29, 1.82) is 5.41 Å². The maximum atomic E-state index is 13.1. The molecule has 15 heteroatoms. The van der Waals surface area contributed by atoms with Gasteiger partial charge in [0.15, 0.2) is 5.84 Å². The number of anilines is 1. The molecule has 2 heterocycles. The Morgan fingerprint density at radius 1 is 1.30 bits per heavy atom. The Kier molecular flexibility index (Phi) is 8.12. The quantitative estimate of drug-likeness (QED) is 0.0827. The lowest BCUT2D eigenvalue weighted by Crippen LogP contribution is -2.39. The summed E-state index contributed by atoms with van der Waals surface area (Å²) < 4.78 is 38.4. The van der Waals surface area contributed by atoms with E-state index in [1.807, 2.05) is 4.90 Å². The number of hydrogen-bond acceptors (Lipinski definition) is 9. The number of amides is 1. The smallest absolute Gasteiger partial charge is 0.240 e. The highest BCUT2D eigenvalue weighted by atomic mass is 32.2. The average molecular weight is 500 g/mol. The van der Waals surface area contributed by atoms with E-state index < -0.39 is 31.6 Å². The van der Waals surface area contributed by atoms with Gasteiger partial charge in [0.2, 0.25) is 15.9 Å². The fourth-order valence-corrected chi connectivity index (χ4v) is 6.65. The fourth-order valence-electron chi connectivity index (χ4n) is 4.12. The molecule has 0 bridgehead atoms. The molecule has 0 saturated carbocycles. The lowest BCUT2D eigenvalue weighted by atomic mass is 9.95. The van der Waals surface area contributed by atoms with Crippen molar-refractivity contribution in [3.05, 3.63) is 17.7 Å². The number of carbonyl (C=O) groups excluding carboxylic acids is 1. The van der Waals surface area contributed by atoms with Gasteiger partial charge in [0.1, 0.15) is 4.90 Å². The third-order valence-corrected chi connectivity index (χ3v) is 8.21. The molecule has 33 heavy (non-hydrogen) atoms. The average Bonchev–Trinajstić information content (AvgIpc) is 3.30. The molecule has 0 spiro atoms. The van der Waals surface area contributed by atoms with Crippen LogP contribution in [-0.4, -0.2) is 62.5 Å². The number of nitrogens with two attached hydrogens (primary N) is 3. The van der Waals surface area contributed by atoms with Crippen LogP contribution in [0.2, 0.25) is 0 Å². The van der Waals surface area contributed by atoms with Crippen molar-refractivity contribution in [2.24, 2.45) is 33.0 Å². The van der Waals surface area contributed by atoms with Crippen LogP contribution in [0.25, 0.3) is 0 Å². The highest BCUT2D eigenvalue weighted by molar-refractivity contribution is 7.91. The molecular formula is C18H29N9O4S2. The Bertz CT molecular complexity index is 1060. The van der Waals surface area contributed by atoms with E-state index in [-0.39, 0.29) is 34.2 Å². The summed E-state index contributed by atoms with van der Waals surface area (Å²) in [7, 11) is -6.18. The first-order valence-electron chi connectivity index (χ1n) is 10.4. The zero-order chi connectivity index (χ0) is 24.2. The van der Waals surface area contributed by atoms with Crippen molar-refractivity contribution in [3.8, 4) is 0 Å². The van der Waals surface area contributed by atoms with E-state index in [4.69, 9.17) is 22.1 Å². The summed E-state index contributed by atoms with van der Waals surface area (Å²) in [4.78, 5) is 12.9. The topological polar surface area (TPSA) is 222 Å². The number of piperidine rings is 1. The lowest BCUT2D eigenvalue weighted by molar-refractivity contribution is -0.122. The highest BCUT2D eigenvalue weighted by Crippen LogP contribution is 2.34. The third-order valence-electron chi connectivity index (χ3n) is 5.83. The standard InChI is InChI=1S/C18H29N9O4S2/c19-17(25-26-21)15-13(27-7-4-11(5-8-27)18(20)28)1-2-14(16(15)33(22,30)31)32(29)10-24-12-3-6-23-9-12/h1-2,11-12,23-24H,3-10H2,(H2,20,28)(H3,19,21,25)(H2,22,30,31)/t12-,32?/m1/s1. The minimum absolute atomic E-state index is 0.0173. The van der Waals surface area contributed by atoms with E-state index >= 15 is 0 Å². The number of sulfonamides is 1. The van der Waals surface area contributed by atoms with Gasteiger partial charge in [-0.25, -0.2) is 13.6 Å². The van der Waals surface area contributed by atoms with Crippen LogP contribution >= 0.6 is 0 Å². The van der Waals surface area contributed by atoms with Crippen molar-refractivity contribution < 1.29 is 17.4 Å². The molecule has 0 radical (unpaired) electrons. The van der Waals surface area contributed by atoms with Gasteiger partial charge < -0.3 is 27.1 Å². The van der Waals surface area contributed by atoms with Gasteiger partial charge >= 0.3 is 0 Å². The Hall–Kier alpha value is -2.46. The van der Waals surface area contributed by atoms with Crippen LogP contribution in [0.4, 0.5) is 5.69 Å². The second kappa shape index (κ2) is 10.6. The van der Waals surface area contributed by atoms with Gasteiger partial charge in [0, 0.05) is 37.3 Å². The van der Waals surface area contributed by atoms with Gasteiger partial charge in [-0.2, -0.15) is 0 Å². The maximum Gasteiger partial charge on any atom is 0.240 e. The number of nitrogens with zero attached hydrogens (tertiary/aromatic N) is 3. The number of carbonyl (C=O) groups is 1. The van der Waals surface area contributed by atoms with Gasteiger partial charge in [-0.15, -0.1) is 5.11 Å². The van der Waals surface area contributed by atoms with Gasteiger partial charge in [-0.05, 0) is 37.9 Å². The molecule has 13 nitrogen and oxygen atoms in total. The molecule has 9 N–H and O–H groups in total. The van der Waals surface area contributed by atoms with Crippen molar-refractivity contribution in [2.75, 3.05) is 37.0 Å². The van der Waals surface area contributed by atoms with Crippen LogP contribution in [-0.2, 0) is 25.6 Å². The largest absolute Gasteiger partial charge is 0.371 e. The highest BCUT2D eigenvalue weighted by Gasteiger charge is 2.32. The van der Waals surface area contributed by atoms with Gasteiger partial charge in [-0.3, -0.25) is 14.4 Å². The Morgan fingerprint density at radius 3 is 2.55 bits per heavy atom. The summed E-state index contributed by atoms with van der Waals surface area (Å²) in [5.41, 5.74) is 5.63. The van der Waals surface area contributed by atoms with Crippen molar-refractivity contribution in [3.63, 3.8) is 0 Å². The van der Waals surface area contributed by atoms with E-state index in [1.54, 1.807) is 6.07 Å². The molecule has 2 fully saturated rings. The second-order valence-corrected chi connectivity index (χ2v) is 10.9. The maximum absolute atomic E-state index is 13.1. The summed E-state index contributed by atoms with van der Waals surface area (Å²) in [6.07, 6.45) is 1.81. The molecule has 1 unspecified atom stereocenters. The minimum atomic E-state index is -4.41. The predicted octanol–water partition coefficient (Wildman–Crippen LogP) is -1.30. The van der Waals surface area contributed by atoms with Crippen molar-refractivity contribution in [1.82, 2.24) is 10.6 Å². The normalized spacial score (nSPS) is 20.9. The van der Waals surface area contributed by atoms with E-state index in [0.29, 0.717) is 31.6 Å². The molecule has 2 atom stereocenters. The van der Waals surface area contributed by atoms with E-state index in [9.17, 15) is 17.4 Å². The molecule has 3 rings (SSSR count). The predicted molar refractivity (Wildman–Crippen MR) is 124 cm³/mol. The van der Waals surface area contributed by atoms with E-state index in [2.05, 4.69) is 21.0 Å². The number of primary sulfonamides is 1. The van der Waals surface area contributed by atoms with Crippen LogP contribution in [0, 0.1) is 11.3 Å². The summed E-state index contributed by atoms with van der Waals surface area (Å²) in [5.74, 6) is 3.93. The summed E-state index contributed by atoms with van der Waals surface area (Å²) in [5, 5.41) is 26.8. The Labute approximate surface area is 194 Å².